The molecule has 0 amide bonds. The molecule has 3 aromatic rings. The minimum Gasteiger partial charge on any atom is -0.384 e. The van der Waals surface area contributed by atoms with Crippen LogP contribution in [0, 0.1) is 0 Å². The number of aliphatic hydroxyl groups is 1. The Bertz CT molecular complexity index is 1150. The summed E-state index contributed by atoms with van der Waals surface area (Å²) in [5.41, 5.74) is 3.46. The first kappa shape index (κ1) is 20.8. The Morgan fingerprint density at radius 1 is 1.22 bits per heavy atom. The van der Waals surface area contributed by atoms with Crippen molar-refractivity contribution < 1.29 is 5.11 Å². The molecular weight excluding hydrogens is 428 g/mol. The topological polar surface area (TPSA) is 114 Å². The Morgan fingerprint density at radius 2 is 2.03 bits per heavy atom. The number of halogens is 1. The number of nitrogens with one attached hydrogen (secondary N) is 4. The highest BCUT2D eigenvalue weighted by atomic mass is 35.5. The second-order valence-corrected chi connectivity index (χ2v) is 9.33. The molecule has 5 rings (SSSR count). The summed E-state index contributed by atoms with van der Waals surface area (Å²) in [5, 5.41) is 28.5. The summed E-state index contributed by atoms with van der Waals surface area (Å²) in [4.78, 5) is 11.2. The van der Waals surface area contributed by atoms with Gasteiger partial charge in [0.25, 0.3) is 0 Å². The van der Waals surface area contributed by atoms with Crippen LogP contribution in [0.5, 0.6) is 0 Å². The second-order valence-electron chi connectivity index (χ2n) is 8.95. The fourth-order valence-corrected chi connectivity index (χ4v) is 4.13. The minimum absolute atomic E-state index is 0.396. The van der Waals surface area contributed by atoms with Crippen LogP contribution in [0.2, 0.25) is 5.02 Å². The first-order valence-corrected chi connectivity index (χ1v) is 11.1. The van der Waals surface area contributed by atoms with Crippen LogP contribution in [0.1, 0.15) is 49.6 Å². The van der Waals surface area contributed by atoms with E-state index in [1.54, 1.807) is 19.9 Å². The molecule has 1 aliphatic heterocycles. The minimum atomic E-state index is -1.12. The zero-order chi connectivity index (χ0) is 22.5. The van der Waals surface area contributed by atoms with E-state index in [0.29, 0.717) is 40.8 Å². The van der Waals surface area contributed by atoms with Crippen LogP contribution >= 0.6 is 11.6 Å². The van der Waals surface area contributed by atoms with Crippen molar-refractivity contribution in [1.82, 2.24) is 20.2 Å². The monoisotopic (exact) mass is 454 g/mol. The molecule has 32 heavy (non-hydrogen) atoms. The van der Waals surface area contributed by atoms with Crippen molar-refractivity contribution in [3.05, 3.63) is 46.2 Å². The van der Waals surface area contributed by atoms with E-state index in [0.717, 1.165) is 29.3 Å². The van der Waals surface area contributed by atoms with E-state index in [9.17, 15) is 5.11 Å². The summed E-state index contributed by atoms with van der Waals surface area (Å²) in [6.45, 7) is 4.57. The fourth-order valence-electron chi connectivity index (χ4n) is 3.75. The predicted octanol–water partition coefficient (Wildman–Crippen LogP) is 4.13. The molecule has 2 aliphatic rings. The SMILES string of the molecule is CN1CNc2ccc(CNc3nc(Nc4cc(C5CC5)[nH]n4)cc(C(C)(C)O)n3)c(Cl)c21. The van der Waals surface area contributed by atoms with Crippen molar-refractivity contribution in [3.63, 3.8) is 0 Å². The molecule has 0 bridgehead atoms. The average Bonchev–Trinajstić information content (AvgIpc) is 3.38. The maximum absolute atomic E-state index is 10.6. The molecule has 1 fully saturated rings. The van der Waals surface area contributed by atoms with Gasteiger partial charge in [0, 0.05) is 37.3 Å². The zero-order valence-corrected chi connectivity index (χ0v) is 19.1. The number of fused-ring (bicyclic) bond motifs is 1. The number of rotatable bonds is 7. The lowest BCUT2D eigenvalue weighted by Crippen LogP contribution is -2.20. The quantitative estimate of drug-likeness (QED) is 0.362. The summed E-state index contributed by atoms with van der Waals surface area (Å²) in [5.74, 6) is 2.22. The van der Waals surface area contributed by atoms with Gasteiger partial charge >= 0.3 is 0 Å². The summed E-state index contributed by atoms with van der Waals surface area (Å²) in [6.07, 6.45) is 2.40. The number of benzene rings is 1. The third-order valence-electron chi connectivity index (χ3n) is 5.75. The van der Waals surface area contributed by atoms with Crippen molar-refractivity contribution in [3.8, 4) is 0 Å². The first-order chi connectivity index (χ1) is 15.3. The van der Waals surface area contributed by atoms with E-state index in [-0.39, 0.29) is 0 Å². The number of aromatic amines is 1. The van der Waals surface area contributed by atoms with Gasteiger partial charge in [-0.05, 0) is 38.3 Å². The normalized spacial score (nSPS) is 15.5. The van der Waals surface area contributed by atoms with E-state index in [1.165, 1.54) is 12.8 Å². The van der Waals surface area contributed by atoms with Gasteiger partial charge in [-0.15, -0.1) is 0 Å². The third kappa shape index (κ3) is 4.18. The molecule has 3 heterocycles. The highest BCUT2D eigenvalue weighted by Crippen LogP contribution is 2.40. The van der Waals surface area contributed by atoms with E-state index < -0.39 is 5.60 Å². The van der Waals surface area contributed by atoms with E-state index in [2.05, 4.69) is 41.0 Å². The predicted molar refractivity (Wildman–Crippen MR) is 127 cm³/mol. The van der Waals surface area contributed by atoms with Gasteiger partial charge in [-0.2, -0.15) is 10.1 Å². The van der Waals surface area contributed by atoms with Crippen molar-refractivity contribution in [1.29, 1.82) is 0 Å². The molecule has 1 aromatic carbocycles. The lowest BCUT2D eigenvalue weighted by atomic mass is 10.1. The van der Waals surface area contributed by atoms with Gasteiger partial charge in [0.05, 0.1) is 28.8 Å². The van der Waals surface area contributed by atoms with Crippen molar-refractivity contribution in [2.45, 2.75) is 44.8 Å². The highest BCUT2D eigenvalue weighted by molar-refractivity contribution is 6.35. The maximum atomic E-state index is 10.6. The smallest absolute Gasteiger partial charge is 0.225 e. The molecule has 5 N–H and O–H groups in total. The first-order valence-electron chi connectivity index (χ1n) is 10.7. The number of H-pyrrole nitrogens is 1. The standard InChI is InChI=1S/C22H27ClN8O/c1-22(2,32)16-9-17(27-18-8-15(29-30-18)12-4-5-12)28-21(26-16)24-10-13-6-7-14-20(19(13)23)31(3)11-25-14/h6-9,12,25,32H,4-5,10-11H2,1-3H3,(H3,24,26,27,28,29,30). The molecule has 0 spiro atoms. The van der Waals surface area contributed by atoms with Crippen LogP contribution in [0.3, 0.4) is 0 Å². The van der Waals surface area contributed by atoms with E-state index in [1.807, 2.05) is 25.2 Å². The number of hydrogen-bond donors (Lipinski definition) is 5. The molecule has 0 atom stereocenters. The zero-order valence-electron chi connectivity index (χ0n) is 18.3. The van der Waals surface area contributed by atoms with Gasteiger partial charge in [-0.3, -0.25) is 5.10 Å². The van der Waals surface area contributed by atoms with Gasteiger partial charge in [0.15, 0.2) is 5.82 Å². The maximum Gasteiger partial charge on any atom is 0.225 e. The molecule has 0 saturated heterocycles. The summed E-state index contributed by atoms with van der Waals surface area (Å²) < 4.78 is 0. The molecule has 168 valence electrons. The molecule has 1 saturated carbocycles. The Labute approximate surface area is 191 Å². The molecular formula is C22H27ClN8O. The van der Waals surface area contributed by atoms with E-state index in [4.69, 9.17) is 11.6 Å². The molecule has 0 radical (unpaired) electrons. The van der Waals surface area contributed by atoms with Gasteiger partial charge in [-0.25, -0.2) is 4.98 Å². The molecule has 1 aliphatic carbocycles. The second kappa shape index (κ2) is 7.83. The van der Waals surface area contributed by atoms with Crippen LogP contribution in [-0.2, 0) is 12.1 Å². The molecule has 10 heteroatoms. The third-order valence-corrected chi connectivity index (χ3v) is 6.17. The summed E-state index contributed by atoms with van der Waals surface area (Å²) >= 11 is 6.66. The average molecular weight is 455 g/mol. The Hall–Kier alpha value is -3.04. The highest BCUT2D eigenvalue weighted by Gasteiger charge is 2.26. The number of hydrogen-bond acceptors (Lipinski definition) is 8. The summed E-state index contributed by atoms with van der Waals surface area (Å²) in [7, 11) is 2.00. The Balaban J connectivity index is 1.38. The summed E-state index contributed by atoms with van der Waals surface area (Å²) in [6, 6.07) is 7.76. The molecule has 9 nitrogen and oxygen atoms in total. The van der Waals surface area contributed by atoms with Crippen LogP contribution in [0.25, 0.3) is 0 Å². The van der Waals surface area contributed by atoms with Gasteiger partial charge < -0.3 is 26.0 Å². The Kier molecular flexibility index (Phi) is 5.10. The molecule has 2 aromatic heterocycles. The number of aromatic nitrogens is 4. The van der Waals surface area contributed by atoms with Crippen LogP contribution < -0.4 is 20.9 Å². The van der Waals surface area contributed by atoms with Crippen molar-refractivity contribution in [2.24, 2.45) is 0 Å². The Morgan fingerprint density at radius 3 is 2.78 bits per heavy atom. The van der Waals surface area contributed by atoms with Gasteiger partial charge in [0.1, 0.15) is 11.4 Å². The molecule has 0 unspecified atom stereocenters. The fraction of sp³-hybridized carbons (Fsp3) is 0.409. The van der Waals surface area contributed by atoms with Crippen LogP contribution in [0.15, 0.2) is 24.3 Å². The van der Waals surface area contributed by atoms with Gasteiger partial charge in [-0.1, -0.05) is 17.7 Å². The largest absolute Gasteiger partial charge is 0.384 e. The number of anilines is 5. The van der Waals surface area contributed by atoms with Crippen LogP contribution in [-0.4, -0.2) is 39.0 Å². The number of nitrogens with zero attached hydrogens (tertiary/aromatic N) is 4. The lowest BCUT2D eigenvalue weighted by Gasteiger charge is -2.19. The van der Waals surface area contributed by atoms with Crippen LogP contribution in [0.4, 0.5) is 29.0 Å². The van der Waals surface area contributed by atoms with E-state index >= 15 is 0 Å². The lowest BCUT2D eigenvalue weighted by molar-refractivity contribution is 0.0739. The van der Waals surface area contributed by atoms with Gasteiger partial charge in [0.2, 0.25) is 5.95 Å². The van der Waals surface area contributed by atoms with Crippen molar-refractivity contribution in [2.75, 3.05) is 34.6 Å². The van der Waals surface area contributed by atoms with Crippen molar-refractivity contribution >= 4 is 40.6 Å².